The number of aryl methyl sites for hydroxylation is 2. The molecule has 4 aromatic rings. The van der Waals surface area contributed by atoms with E-state index < -0.39 is 11.4 Å². The van der Waals surface area contributed by atoms with Gasteiger partial charge in [-0.15, -0.1) is 0 Å². The predicted octanol–water partition coefficient (Wildman–Crippen LogP) is 8.22. The number of hydrogen-bond acceptors (Lipinski definition) is 2. The largest absolute Gasteiger partial charge is 0.419 e. The number of hydrogen-bond donors (Lipinski definition) is 0. The third-order valence-corrected chi connectivity index (χ3v) is 6.31. The topological polar surface area (TPSA) is 30.2 Å². The summed E-state index contributed by atoms with van der Waals surface area (Å²) >= 11 is 0. The summed E-state index contributed by atoms with van der Waals surface area (Å²) < 4.78 is 20.5. The SMILES string of the molecule is CCCCCCc1ccc(-c2ccc3c(c2)c(=O)oc2c(F)c(CCCC)ccc23)cc1. The number of unbranched alkanes of at least 4 members (excludes halogenated alkanes) is 4. The Bertz CT molecular complexity index is 1270. The third kappa shape index (κ3) is 4.62. The van der Waals surface area contributed by atoms with Gasteiger partial charge in [0.1, 0.15) is 0 Å². The number of fused-ring (bicyclic) bond motifs is 3. The van der Waals surface area contributed by atoms with Gasteiger partial charge in [0.25, 0.3) is 0 Å². The molecule has 2 nitrogen and oxygen atoms in total. The highest BCUT2D eigenvalue weighted by molar-refractivity contribution is 6.05. The van der Waals surface area contributed by atoms with Gasteiger partial charge in [0, 0.05) is 10.8 Å². The molecule has 0 N–H and O–H groups in total. The monoisotopic (exact) mass is 430 g/mol. The second-order valence-electron chi connectivity index (χ2n) is 8.68. The van der Waals surface area contributed by atoms with Crippen molar-refractivity contribution in [2.75, 3.05) is 0 Å². The highest BCUT2D eigenvalue weighted by Crippen LogP contribution is 2.30. The summed E-state index contributed by atoms with van der Waals surface area (Å²) in [6.07, 6.45) is 8.66. The average Bonchev–Trinajstić information content (AvgIpc) is 2.82. The van der Waals surface area contributed by atoms with Gasteiger partial charge < -0.3 is 4.42 Å². The highest BCUT2D eigenvalue weighted by Gasteiger charge is 2.15. The van der Waals surface area contributed by atoms with Gasteiger partial charge in [0.2, 0.25) is 0 Å². The second kappa shape index (κ2) is 10.1. The molecule has 3 aromatic carbocycles. The van der Waals surface area contributed by atoms with E-state index in [1.54, 1.807) is 0 Å². The van der Waals surface area contributed by atoms with Crippen LogP contribution in [-0.4, -0.2) is 0 Å². The first kappa shape index (κ1) is 22.3. The molecule has 0 spiro atoms. The van der Waals surface area contributed by atoms with Gasteiger partial charge >= 0.3 is 5.63 Å². The first-order valence-electron chi connectivity index (χ1n) is 11.9. The fourth-order valence-corrected chi connectivity index (χ4v) is 4.36. The van der Waals surface area contributed by atoms with Crippen LogP contribution in [0.4, 0.5) is 4.39 Å². The van der Waals surface area contributed by atoms with Crippen LogP contribution in [0.3, 0.4) is 0 Å². The molecule has 4 rings (SSSR count). The van der Waals surface area contributed by atoms with E-state index in [1.807, 2.05) is 30.3 Å². The average molecular weight is 431 g/mol. The molecule has 0 aliphatic heterocycles. The maximum atomic E-state index is 15.0. The van der Waals surface area contributed by atoms with E-state index in [1.165, 1.54) is 31.2 Å². The number of benzene rings is 3. The Morgan fingerprint density at radius 2 is 1.44 bits per heavy atom. The van der Waals surface area contributed by atoms with Crippen molar-refractivity contribution in [2.45, 2.75) is 65.2 Å². The van der Waals surface area contributed by atoms with Gasteiger partial charge in [0.05, 0.1) is 5.39 Å². The first-order valence-corrected chi connectivity index (χ1v) is 11.9. The van der Waals surface area contributed by atoms with Gasteiger partial charge in [-0.25, -0.2) is 9.18 Å². The van der Waals surface area contributed by atoms with Gasteiger partial charge in [-0.1, -0.05) is 88.1 Å². The minimum Gasteiger partial charge on any atom is -0.419 e. The second-order valence-corrected chi connectivity index (χ2v) is 8.68. The fourth-order valence-electron chi connectivity index (χ4n) is 4.36. The van der Waals surface area contributed by atoms with Crippen LogP contribution in [0.25, 0.3) is 32.9 Å². The molecule has 32 heavy (non-hydrogen) atoms. The third-order valence-electron chi connectivity index (χ3n) is 6.31. The fraction of sp³-hybridized carbons (Fsp3) is 0.345. The lowest BCUT2D eigenvalue weighted by atomic mass is 9.97. The molecule has 0 radical (unpaired) electrons. The summed E-state index contributed by atoms with van der Waals surface area (Å²) in [7, 11) is 0. The Labute approximate surface area is 189 Å². The summed E-state index contributed by atoms with van der Waals surface area (Å²) in [4.78, 5) is 12.7. The molecule has 0 saturated carbocycles. The van der Waals surface area contributed by atoms with E-state index in [0.717, 1.165) is 35.8 Å². The van der Waals surface area contributed by atoms with E-state index in [4.69, 9.17) is 4.42 Å². The van der Waals surface area contributed by atoms with Crippen molar-refractivity contribution in [3.05, 3.63) is 82.0 Å². The van der Waals surface area contributed by atoms with Crippen molar-refractivity contribution in [1.82, 2.24) is 0 Å². The highest BCUT2D eigenvalue weighted by atomic mass is 19.1. The van der Waals surface area contributed by atoms with Crippen LogP contribution in [0.2, 0.25) is 0 Å². The van der Waals surface area contributed by atoms with Gasteiger partial charge in [-0.3, -0.25) is 0 Å². The van der Waals surface area contributed by atoms with Crippen molar-refractivity contribution in [2.24, 2.45) is 0 Å². The summed E-state index contributed by atoms with van der Waals surface area (Å²) in [5, 5.41) is 1.86. The van der Waals surface area contributed by atoms with E-state index in [-0.39, 0.29) is 5.58 Å². The molecule has 0 fully saturated rings. The van der Waals surface area contributed by atoms with Crippen molar-refractivity contribution in [3.8, 4) is 11.1 Å². The van der Waals surface area contributed by atoms with Crippen molar-refractivity contribution in [3.63, 3.8) is 0 Å². The van der Waals surface area contributed by atoms with Gasteiger partial charge in [0.15, 0.2) is 11.4 Å². The zero-order valence-electron chi connectivity index (χ0n) is 19.0. The number of rotatable bonds is 9. The molecule has 0 unspecified atom stereocenters. The van der Waals surface area contributed by atoms with E-state index in [2.05, 4.69) is 38.1 Å². The van der Waals surface area contributed by atoms with Crippen LogP contribution in [0, 0.1) is 5.82 Å². The lowest BCUT2D eigenvalue weighted by Crippen LogP contribution is -2.02. The van der Waals surface area contributed by atoms with Crippen LogP contribution in [-0.2, 0) is 12.8 Å². The summed E-state index contributed by atoms with van der Waals surface area (Å²) in [5.41, 5.74) is 3.54. The molecule has 166 valence electrons. The summed E-state index contributed by atoms with van der Waals surface area (Å²) in [6, 6.07) is 18.0. The molecule has 0 aliphatic carbocycles. The van der Waals surface area contributed by atoms with Crippen LogP contribution in [0.15, 0.2) is 63.8 Å². The molecule has 1 aromatic heterocycles. The minimum atomic E-state index is -0.492. The lowest BCUT2D eigenvalue weighted by Gasteiger charge is -2.09. The van der Waals surface area contributed by atoms with Crippen LogP contribution in [0.1, 0.15) is 63.5 Å². The minimum absolute atomic E-state index is 0.0660. The standard InChI is InChI=1S/C29H31FO2/c1-3-5-7-8-9-20-11-13-21(14-12-20)23-16-17-24-25-18-15-22(10-6-4-2)27(30)28(25)32-29(31)26(24)19-23/h11-19H,3-10H2,1-2H3. The van der Waals surface area contributed by atoms with Gasteiger partial charge in [-0.2, -0.15) is 0 Å². The van der Waals surface area contributed by atoms with Gasteiger partial charge in [-0.05, 0) is 54.0 Å². The zero-order chi connectivity index (χ0) is 22.5. The van der Waals surface area contributed by atoms with E-state index >= 15 is 0 Å². The molecular weight excluding hydrogens is 399 g/mol. The van der Waals surface area contributed by atoms with Crippen molar-refractivity contribution < 1.29 is 8.81 Å². The molecule has 3 heteroatoms. The van der Waals surface area contributed by atoms with E-state index in [0.29, 0.717) is 22.8 Å². The van der Waals surface area contributed by atoms with Crippen LogP contribution >= 0.6 is 0 Å². The van der Waals surface area contributed by atoms with E-state index in [9.17, 15) is 9.18 Å². The zero-order valence-corrected chi connectivity index (χ0v) is 19.0. The summed E-state index contributed by atoms with van der Waals surface area (Å²) in [6.45, 7) is 4.30. The summed E-state index contributed by atoms with van der Waals surface area (Å²) in [5.74, 6) is -0.409. The Morgan fingerprint density at radius 3 is 2.19 bits per heavy atom. The lowest BCUT2D eigenvalue weighted by molar-refractivity contribution is 0.523. The smallest absolute Gasteiger partial charge is 0.344 e. The quantitative estimate of drug-likeness (QED) is 0.152. The molecule has 0 amide bonds. The molecule has 0 aliphatic rings. The van der Waals surface area contributed by atoms with Crippen molar-refractivity contribution >= 4 is 21.7 Å². The Balaban J connectivity index is 1.66. The molecule has 0 bridgehead atoms. The molecule has 0 atom stereocenters. The molecule has 1 heterocycles. The Morgan fingerprint density at radius 1 is 0.719 bits per heavy atom. The predicted molar refractivity (Wildman–Crippen MR) is 132 cm³/mol. The Hall–Kier alpha value is -2.94. The maximum Gasteiger partial charge on any atom is 0.344 e. The molecular formula is C29H31FO2. The van der Waals surface area contributed by atoms with Crippen LogP contribution < -0.4 is 5.63 Å². The number of halogens is 1. The first-order chi connectivity index (χ1) is 15.6. The normalized spacial score (nSPS) is 11.5. The molecule has 0 saturated heterocycles. The van der Waals surface area contributed by atoms with Crippen molar-refractivity contribution in [1.29, 1.82) is 0 Å². The Kier molecular flexibility index (Phi) is 7.04. The maximum absolute atomic E-state index is 15.0. The van der Waals surface area contributed by atoms with Crippen LogP contribution in [0.5, 0.6) is 0 Å².